The molecule has 2 rings (SSSR count). The zero-order chi connectivity index (χ0) is 21.4. The topological polar surface area (TPSA) is 46.3 Å². The lowest BCUT2D eigenvalue weighted by Crippen LogP contribution is -2.35. The van der Waals surface area contributed by atoms with E-state index in [1.54, 1.807) is 0 Å². The first-order chi connectivity index (χ1) is 14.7. The van der Waals surface area contributed by atoms with Crippen LogP contribution in [-0.2, 0) is 17.8 Å². The molecule has 0 atom stereocenters. The molecule has 3 heteroatoms. The summed E-state index contributed by atoms with van der Waals surface area (Å²) >= 11 is 0. The number of hydrogen-bond donors (Lipinski definition) is 1. The molecular weight excluding hydrogens is 368 g/mol. The van der Waals surface area contributed by atoms with E-state index in [4.69, 9.17) is 5.73 Å². The monoisotopic (exact) mass is 414 g/mol. The van der Waals surface area contributed by atoms with Crippen molar-refractivity contribution in [3.63, 3.8) is 0 Å². The molecule has 0 radical (unpaired) electrons. The lowest BCUT2D eigenvalue weighted by molar-refractivity contribution is -0.132. The molecule has 1 amide bonds. The molecule has 3 nitrogen and oxygen atoms in total. The van der Waals surface area contributed by atoms with Gasteiger partial charge >= 0.3 is 0 Å². The van der Waals surface area contributed by atoms with E-state index in [9.17, 15) is 4.79 Å². The summed E-state index contributed by atoms with van der Waals surface area (Å²) in [7, 11) is 0. The molecule has 0 aromatic heterocycles. The van der Waals surface area contributed by atoms with Crippen LogP contribution in [0.25, 0.3) is 0 Å². The summed E-state index contributed by atoms with van der Waals surface area (Å²) in [6, 6.07) is 6.09. The van der Waals surface area contributed by atoms with Crippen LogP contribution in [0.3, 0.4) is 0 Å². The predicted molar refractivity (Wildman–Crippen MR) is 130 cm³/mol. The lowest BCUT2D eigenvalue weighted by Gasteiger charge is -2.29. The van der Waals surface area contributed by atoms with Crippen LogP contribution in [0.5, 0.6) is 0 Å². The van der Waals surface area contributed by atoms with Gasteiger partial charge in [-0.1, -0.05) is 103 Å². The van der Waals surface area contributed by atoms with Crippen LogP contribution in [0.4, 0.5) is 5.69 Å². The first-order valence-electron chi connectivity index (χ1n) is 12.9. The molecule has 0 saturated carbocycles. The maximum Gasteiger partial charge on any atom is 0.222 e. The van der Waals surface area contributed by atoms with Gasteiger partial charge in [0, 0.05) is 25.2 Å². The second-order valence-electron chi connectivity index (χ2n) is 9.29. The Hall–Kier alpha value is -1.51. The highest BCUT2D eigenvalue weighted by atomic mass is 16.2. The number of unbranched alkanes of at least 4 members (excludes halogenated alkanes) is 14. The zero-order valence-corrected chi connectivity index (χ0v) is 19.6. The number of carbonyl (C=O) groups is 1. The van der Waals surface area contributed by atoms with Gasteiger partial charge in [-0.3, -0.25) is 4.79 Å². The Morgan fingerprint density at radius 3 is 1.90 bits per heavy atom. The summed E-state index contributed by atoms with van der Waals surface area (Å²) in [6.45, 7) is 3.88. The lowest BCUT2D eigenvalue weighted by atomic mass is 9.98. The van der Waals surface area contributed by atoms with Crippen LogP contribution in [0.1, 0.15) is 121 Å². The first-order valence-corrected chi connectivity index (χ1v) is 12.9. The molecule has 30 heavy (non-hydrogen) atoms. The maximum atomic E-state index is 12.5. The van der Waals surface area contributed by atoms with Crippen molar-refractivity contribution in [3.8, 4) is 0 Å². The van der Waals surface area contributed by atoms with E-state index >= 15 is 0 Å². The molecule has 2 N–H and O–H groups in total. The summed E-state index contributed by atoms with van der Waals surface area (Å²) in [5.74, 6) is 0.326. The third-order valence-electron chi connectivity index (χ3n) is 6.59. The van der Waals surface area contributed by atoms with E-state index in [-0.39, 0.29) is 0 Å². The van der Waals surface area contributed by atoms with Gasteiger partial charge in [0.15, 0.2) is 0 Å². The van der Waals surface area contributed by atoms with Crippen molar-refractivity contribution >= 4 is 11.6 Å². The van der Waals surface area contributed by atoms with Crippen molar-refractivity contribution in [3.05, 3.63) is 29.3 Å². The molecular formula is C27H46N2O. The molecule has 0 aliphatic carbocycles. The van der Waals surface area contributed by atoms with E-state index in [1.165, 1.54) is 101 Å². The number of anilines is 1. The summed E-state index contributed by atoms with van der Waals surface area (Å²) in [5.41, 5.74) is 9.27. The molecule has 170 valence electrons. The summed E-state index contributed by atoms with van der Waals surface area (Å²) in [5, 5.41) is 0. The summed E-state index contributed by atoms with van der Waals surface area (Å²) < 4.78 is 0. The number of rotatable bonds is 16. The minimum absolute atomic E-state index is 0.326. The van der Waals surface area contributed by atoms with Crippen LogP contribution in [0.15, 0.2) is 18.2 Å². The van der Waals surface area contributed by atoms with Gasteiger partial charge in [0.25, 0.3) is 0 Å². The van der Waals surface area contributed by atoms with Gasteiger partial charge in [0.2, 0.25) is 5.91 Å². The number of benzene rings is 1. The average Bonchev–Trinajstić information content (AvgIpc) is 2.75. The van der Waals surface area contributed by atoms with Crippen molar-refractivity contribution in [2.75, 3.05) is 12.3 Å². The minimum Gasteiger partial charge on any atom is -0.399 e. The molecule has 0 bridgehead atoms. The van der Waals surface area contributed by atoms with E-state index in [2.05, 4.69) is 19.1 Å². The molecule has 1 heterocycles. The number of hydrogen-bond acceptors (Lipinski definition) is 2. The second-order valence-corrected chi connectivity index (χ2v) is 9.29. The number of nitrogen functional groups attached to an aromatic ring is 1. The SMILES string of the molecule is CCCCCCCCCCCCCCCCCC(=O)N1CCc2cc(N)ccc2C1. The van der Waals surface area contributed by atoms with Crippen molar-refractivity contribution < 1.29 is 4.79 Å². The quantitative estimate of drug-likeness (QED) is 0.226. The number of nitrogens with two attached hydrogens (primary N) is 1. The molecule has 0 fully saturated rings. The Balaban J connectivity index is 1.39. The Kier molecular flexibility index (Phi) is 12.6. The fourth-order valence-corrected chi connectivity index (χ4v) is 4.59. The van der Waals surface area contributed by atoms with Crippen molar-refractivity contribution in [1.82, 2.24) is 4.90 Å². The maximum absolute atomic E-state index is 12.5. The normalized spacial score (nSPS) is 13.4. The van der Waals surface area contributed by atoms with E-state index in [0.717, 1.165) is 31.6 Å². The van der Waals surface area contributed by atoms with Crippen LogP contribution >= 0.6 is 0 Å². The van der Waals surface area contributed by atoms with Crippen LogP contribution in [0, 0.1) is 0 Å². The van der Waals surface area contributed by atoms with Gasteiger partial charge in [0.05, 0.1) is 0 Å². The van der Waals surface area contributed by atoms with Crippen LogP contribution in [-0.4, -0.2) is 17.4 Å². The van der Waals surface area contributed by atoms with Gasteiger partial charge in [-0.25, -0.2) is 0 Å². The third kappa shape index (κ3) is 10.00. The van der Waals surface area contributed by atoms with Crippen molar-refractivity contribution in [1.29, 1.82) is 0 Å². The Labute approximate surface area is 185 Å². The summed E-state index contributed by atoms with van der Waals surface area (Å²) in [6.07, 6.45) is 22.1. The number of fused-ring (bicyclic) bond motifs is 1. The second kappa shape index (κ2) is 15.3. The predicted octanol–water partition coefficient (Wildman–Crippen LogP) is 7.42. The average molecular weight is 415 g/mol. The standard InChI is InChI=1S/C27H46N2O/c1-2-3-4-5-6-7-8-9-10-11-12-13-14-15-16-17-27(30)29-21-20-24-22-26(28)19-18-25(24)23-29/h18-19,22H,2-17,20-21,23,28H2,1H3. The zero-order valence-electron chi connectivity index (χ0n) is 19.6. The van der Waals surface area contributed by atoms with Gasteiger partial charge < -0.3 is 10.6 Å². The highest BCUT2D eigenvalue weighted by Gasteiger charge is 2.20. The van der Waals surface area contributed by atoms with Gasteiger partial charge in [0.1, 0.15) is 0 Å². The first kappa shape index (κ1) is 24.8. The molecule has 1 aliphatic rings. The number of carbonyl (C=O) groups excluding carboxylic acids is 1. The Morgan fingerprint density at radius 1 is 0.800 bits per heavy atom. The smallest absolute Gasteiger partial charge is 0.222 e. The number of nitrogens with zero attached hydrogens (tertiary/aromatic N) is 1. The molecule has 1 aromatic carbocycles. The highest BCUT2D eigenvalue weighted by Crippen LogP contribution is 2.22. The van der Waals surface area contributed by atoms with Gasteiger partial charge in [-0.05, 0) is 36.1 Å². The van der Waals surface area contributed by atoms with E-state index in [1.807, 2.05) is 11.0 Å². The number of amides is 1. The molecule has 0 unspecified atom stereocenters. The molecule has 0 spiro atoms. The largest absolute Gasteiger partial charge is 0.399 e. The Bertz CT molecular complexity index is 599. The van der Waals surface area contributed by atoms with Crippen molar-refractivity contribution in [2.45, 2.75) is 123 Å². The van der Waals surface area contributed by atoms with Crippen molar-refractivity contribution in [2.24, 2.45) is 0 Å². The molecule has 0 saturated heterocycles. The fraction of sp³-hybridized carbons (Fsp3) is 0.741. The Morgan fingerprint density at radius 2 is 1.33 bits per heavy atom. The van der Waals surface area contributed by atoms with E-state index in [0.29, 0.717) is 12.3 Å². The van der Waals surface area contributed by atoms with Gasteiger partial charge in [-0.2, -0.15) is 0 Å². The van der Waals surface area contributed by atoms with Crippen LogP contribution in [0.2, 0.25) is 0 Å². The molecule has 1 aromatic rings. The van der Waals surface area contributed by atoms with E-state index < -0.39 is 0 Å². The van der Waals surface area contributed by atoms with Crippen LogP contribution < -0.4 is 5.73 Å². The van der Waals surface area contributed by atoms with Gasteiger partial charge in [-0.15, -0.1) is 0 Å². The summed E-state index contributed by atoms with van der Waals surface area (Å²) in [4.78, 5) is 14.5. The fourth-order valence-electron chi connectivity index (χ4n) is 4.59. The highest BCUT2D eigenvalue weighted by molar-refractivity contribution is 5.76. The third-order valence-corrected chi connectivity index (χ3v) is 6.59. The minimum atomic E-state index is 0.326. The molecule has 1 aliphatic heterocycles.